The first-order chi connectivity index (χ1) is 18.3. The van der Waals surface area contributed by atoms with Gasteiger partial charge in [0.2, 0.25) is 0 Å². The Kier molecular flexibility index (Phi) is 7.33. The first kappa shape index (κ1) is 25.7. The summed E-state index contributed by atoms with van der Waals surface area (Å²) in [5.41, 5.74) is 3.21. The maximum Gasteiger partial charge on any atom is 0.258 e. The molecule has 2 aliphatic rings. The van der Waals surface area contributed by atoms with Crippen LogP contribution >= 0.6 is 0 Å². The van der Waals surface area contributed by atoms with Crippen LogP contribution in [0.3, 0.4) is 0 Å². The van der Waals surface area contributed by atoms with Gasteiger partial charge in [-0.05, 0) is 67.1 Å². The zero-order valence-corrected chi connectivity index (χ0v) is 21.7. The number of hydrogen-bond acceptors (Lipinski definition) is 7. The highest BCUT2D eigenvalue weighted by molar-refractivity contribution is 7.90. The first-order valence-corrected chi connectivity index (χ1v) is 14.3. The normalized spacial score (nSPS) is 21.3. The standard InChI is InChI=1S/C28H28FN5O3S/c1-38(36,37)25-10-8-24(9-11-25)34-17-23(33-27(28(34)35)21-15-31-18-32-16-21)3-2-12-30-14-20-13-26(20)19-4-6-22(29)7-5-19/h4-11,14-18,20,26-27,33H,2-3,12-13H2,1H3/t20?,26-,27?/m0/s1. The number of rotatable bonds is 9. The summed E-state index contributed by atoms with van der Waals surface area (Å²) < 4.78 is 36.8. The van der Waals surface area contributed by atoms with Gasteiger partial charge in [0.25, 0.3) is 5.91 Å². The lowest BCUT2D eigenvalue weighted by Crippen LogP contribution is -2.43. The minimum Gasteiger partial charge on any atom is -0.372 e. The number of sulfone groups is 1. The molecule has 1 fully saturated rings. The fraction of sp³-hybridized carbons (Fsp3) is 0.286. The molecule has 1 N–H and O–H groups in total. The molecule has 196 valence electrons. The van der Waals surface area contributed by atoms with Gasteiger partial charge in [0, 0.05) is 60.5 Å². The molecule has 1 aromatic heterocycles. The number of halogens is 1. The first-order valence-electron chi connectivity index (χ1n) is 12.4. The van der Waals surface area contributed by atoms with E-state index in [2.05, 4.69) is 20.3 Å². The van der Waals surface area contributed by atoms with E-state index in [1.165, 1.54) is 35.5 Å². The minimum atomic E-state index is -3.34. The van der Waals surface area contributed by atoms with Gasteiger partial charge in [0.15, 0.2) is 9.84 Å². The summed E-state index contributed by atoms with van der Waals surface area (Å²) in [6.45, 7) is 0.641. The number of benzene rings is 2. The Labute approximate surface area is 221 Å². The van der Waals surface area contributed by atoms with Crippen molar-refractivity contribution in [2.24, 2.45) is 10.9 Å². The fourth-order valence-corrected chi connectivity index (χ4v) is 5.19. The number of allylic oxidation sites excluding steroid dienone is 1. The molecule has 8 nitrogen and oxygen atoms in total. The van der Waals surface area contributed by atoms with Crippen molar-refractivity contribution in [3.05, 3.63) is 96.1 Å². The number of carbonyl (C=O) groups is 1. The summed E-state index contributed by atoms with van der Waals surface area (Å²) in [5, 5.41) is 3.31. The van der Waals surface area contributed by atoms with E-state index in [9.17, 15) is 17.6 Å². The predicted molar refractivity (Wildman–Crippen MR) is 143 cm³/mol. The van der Waals surface area contributed by atoms with E-state index < -0.39 is 15.9 Å². The van der Waals surface area contributed by atoms with Crippen LogP contribution < -0.4 is 10.2 Å². The molecule has 38 heavy (non-hydrogen) atoms. The van der Waals surface area contributed by atoms with E-state index in [-0.39, 0.29) is 16.6 Å². The molecule has 1 saturated carbocycles. The van der Waals surface area contributed by atoms with Crippen LogP contribution in [-0.2, 0) is 14.6 Å². The van der Waals surface area contributed by atoms with Crippen LogP contribution in [0.25, 0.3) is 0 Å². The molecule has 2 heterocycles. The molecule has 2 aromatic carbocycles. The Morgan fingerprint density at radius 3 is 2.47 bits per heavy atom. The molecule has 3 aromatic rings. The third-order valence-corrected chi connectivity index (χ3v) is 7.85. The van der Waals surface area contributed by atoms with Gasteiger partial charge in [-0.3, -0.25) is 14.7 Å². The van der Waals surface area contributed by atoms with Crippen LogP contribution in [0, 0.1) is 11.7 Å². The number of hydrogen-bond donors (Lipinski definition) is 1. The number of aliphatic imine (C=N–C) groups is 1. The van der Waals surface area contributed by atoms with Gasteiger partial charge in [-0.15, -0.1) is 0 Å². The zero-order chi connectivity index (χ0) is 26.7. The molecule has 10 heteroatoms. The van der Waals surface area contributed by atoms with Crippen molar-refractivity contribution in [3.63, 3.8) is 0 Å². The number of nitrogens with zero attached hydrogens (tertiary/aromatic N) is 4. The third kappa shape index (κ3) is 5.96. The van der Waals surface area contributed by atoms with E-state index in [1.54, 1.807) is 30.7 Å². The van der Waals surface area contributed by atoms with E-state index in [0.29, 0.717) is 36.1 Å². The van der Waals surface area contributed by atoms with Crippen LogP contribution in [0.1, 0.15) is 42.3 Å². The summed E-state index contributed by atoms with van der Waals surface area (Å²) in [6.07, 6.45) is 12.0. The number of anilines is 1. The van der Waals surface area contributed by atoms with Crippen LogP contribution in [-0.4, -0.2) is 43.3 Å². The lowest BCUT2D eigenvalue weighted by atomic mass is 10.0. The highest BCUT2D eigenvalue weighted by Gasteiger charge is 2.36. The molecular weight excluding hydrogens is 505 g/mol. The van der Waals surface area contributed by atoms with Gasteiger partial charge in [-0.25, -0.2) is 22.8 Å². The predicted octanol–water partition coefficient (Wildman–Crippen LogP) is 4.19. The van der Waals surface area contributed by atoms with Gasteiger partial charge in [0.1, 0.15) is 18.2 Å². The second kappa shape index (κ2) is 10.8. The molecule has 0 spiro atoms. The maximum absolute atomic E-state index is 13.4. The largest absolute Gasteiger partial charge is 0.372 e. The van der Waals surface area contributed by atoms with Gasteiger partial charge >= 0.3 is 0 Å². The zero-order valence-electron chi connectivity index (χ0n) is 20.9. The topological polar surface area (TPSA) is 105 Å². The van der Waals surface area contributed by atoms with Crippen molar-refractivity contribution in [2.45, 2.75) is 36.1 Å². The molecule has 5 rings (SSSR count). The minimum absolute atomic E-state index is 0.191. The van der Waals surface area contributed by atoms with Gasteiger partial charge < -0.3 is 5.32 Å². The highest BCUT2D eigenvalue weighted by Crippen LogP contribution is 2.46. The second-order valence-electron chi connectivity index (χ2n) is 9.59. The van der Waals surface area contributed by atoms with E-state index >= 15 is 0 Å². The lowest BCUT2D eigenvalue weighted by molar-refractivity contribution is -0.120. The molecular formula is C28H28FN5O3S. The van der Waals surface area contributed by atoms with Gasteiger partial charge in [-0.2, -0.15) is 0 Å². The Balaban J connectivity index is 1.25. The summed E-state index contributed by atoms with van der Waals surface area (Å²) in [7, 11) is -3.34. The van der Waals surface area contributed by atoms with Crippen molar-refractivity contribution in [2.75, 3.05) is 17.7 Å². The number of amides is 1. The Morgan fingerprint density at radius 1 is 1.08 bits per heavy atom. The van der Waals surface area contributed by atoms with Crippen molar-refractivity contribution in [1.29, 1.82) is 0 Å². The maximum atomic E-state index is 13.4. The third-order valence-electron chi connectivity index (χ3n) is 6.72. The van der Waals surface area contributed by atoms with Crippen LogP contribution in [0.2, 0.25) is 0 Å². The molecule has 3 atom stereocenters. The smallest absolute Gasteiger partial charge is 0.258 e. The van der Waals surface area contributed by atoms with Crippen molar-refractivity contribution in [1.82, 2.24) is 15.3 Å². The number of nitrogens with one attached hydrogen (secondary N) is 1. The van der Waals surface area contributed by atoms with Gasteiger partial charge in [-0.1, -0.05) is 12.1 Å². The molecule has 1 amide bonds. The molecule has 1 aliphatic carbocycles. The molecule has 1 aliphatic heterocycles. The number of carbonyl (C=O) groups excluding carboxylic acids is 1. The van der Waals surface area contributed by atoms with Crippen LogP contribution in [0.15, 0.2) is 89.0 Å². The van der Waals surface area contributed by atoms with E-state index in [0.717, 1.165) is 30.4 Å². The lowest BCUT2D eigenvalue weighted by Gasteiger charge is -2.32. The van der Waals surface area contributed by atoms with E-state index in [1.807, 2.05) is 18.3 Å². The fourth-order valence-electron chi connectivity index (χ4n) is 4.56. The highest BCUT2D eigenvalue weighted by atomic mass is 32.2. The molecule has 0 saturated heterocycles. The Bertz CT molecular complexity index is 1460. The van der Waals surface area contributed by atoms with Crippen molar-refractivity contribution in [3.8, 4) is 0 Å². The molecule has 0 radical (unpaired) electrons. The number of aromatic nitrogens is 2. The van der Waals surface area contributed by atoms with Crippen molar-refractivity contribution >= 4 is 27.6 Å². The molecule has 2 unspecified atom stereocenters. The van der Waals surface area contributed by atoms with E-state index in [4.69, 9.17) is 0 Å². The monoisotopic (exact) mass is 533 g/mol. The summed E-state index contributed by atoms with van der Waals surface area (Å²) in [6, 6.07) is 12.3. The summed E-state index contributed by atoms with van der Waals surface area (Å²) >= 11 is 0. The quantitative estimate of drug-likeness (QED) is 0.327. The average molecular weight is 534 g/mol. The Morgan fingerprint density at radius 2 is 1.79 bits per heavy atom. The molecule has 0 bridgehead atoms. The summed E-state index contributed by atoms with van der Waals surface area (Å²) in [5.74, 6) is 0.357. The second-order valence-corrected chi connectivity index (χ2v) is 11.6. The SMILES string of the molecule is CS(=O)(=O)c1ccc(N2C=C(CCCN=CC3C[C@H]3c3ccc(F)cc3)NC(c3cncnc3)C2=O)cc1. The average Bonchev–Trinajstić information content (AvgIpc) is 3.69. The Hall–Kier alpha value is -3.92. The van der Waals surface area contributed by atoms with Gasteiger partial charge in [0.05, 0.1) is 4.90 Å². The summed E-state index contributed by atoms with van der Waals surface area (Å²) in [4.78, 5) is 27.8. The van der Waals surface area contributed by atoms with Crippen LogP contribution in [0.4, 0.5) is 10.1 Å². The van der Waals surface area contributed by atoms with Crippen molar-refractivity contribution < 1.29 is 17.6 Å². The van der Waals surface area contributed by atoms with Crippen LogP contribution in [0.5, 0.6) is 0 Å².